The second kappa shape index (κ2) is 5.26. The van der Waals surface area contributed by atoms with E-state index in [-0.39, 0.29) is 17.8 Å². The van der Waals surface area contributed by atoms with Crippen LogP contribution < -0.4 is 0 Å². The molecule has 0 bridgehead atoms. The summed E-state index contributed by atoms with van der Waals surface area (Å²) < 4.78 is 13.3. The molecule has 0 fully saturated rings. The van der Waals surface area contributed by atoms with E-state index in [1.165, 1.54) is 6.07 Å². The van der Waals surface area contributed by atoms with Crippen LogP contribution in [0.25, 0.3) is 0 Å². The van der Waals surface area contributed by atoms with Crippen LogP contribution in [-0.2, 0) is 0 Å². The van der Waals surface area contributed by atoms with Gasteiger partial charge in [-0.25, -0.2) is 4.39 Å². The molecule has 0 aliphatic heterocycles. The normalized spacial score (nSPS) is 15.0. The zero-order valence-electron chi connectivity index (χ0n) is 9.63. The van der Waals surface area contributed by atoms with E-state index in [0.717, 1.165) is 18.4 Å². The lowest BCUT2D eigenvalue weighted by atomic mass is 9.92. The predicted molar refractivity (Wildman–Crippen MR) is 60.5 cm³/mol. The molecule has 0 aliphatic carbocycles. The Morgan fingerprint density at radius 2 is 2.07 bits per heavy atom. The first-order chi connectivity index (χ1) is 7.06. The molecule has 1 nitrogen and oxygen atoms in total. The second-order valence-electron chi connectivity index (χ2n) is 4.15. The van der Waals surface area contributed by atoms with E-state index in [1.807, 2.05) is 19.9 Å². The Balaban J connectivity index is 2.81. The molecule has 1 N–H and O–H groups in total. The quantitative estimate of drug-likeness (QED) is 0.807. The van der Waals surface area contributed by atoms with Gasteiger partial charge in [0, 0.05) is 5.92 Å². The number of hydrogen-bond donors (Lipinski definition) is 1. The predicted octanol–water partition coefficient (Wildman–Crippen LogP) is 3.40. The van der Waals surface area contributed by atoms with Gasteiger partial charge in [-0.05, 0) is 30.5 Å². The summed E-state index contributed by atoms with van der Waals surface area (Å²) in [5, 5.41) is 9.81. The SMILES string of the molecule is CCCC(O)C(C)c1ccc(C)c(F)c1. The molecule has 0 saturated heterocycles. The Morgan fingerprint density at radius 3 is 2.60 bits per heavy atom. The average Bonchev–Trinajstić information content (AvgIpc) is 2.21. The van der Waals surface area contributed by atoms with Gasteiger partial charge < -0.3 is 5.11 Å². The van der Waals surface area contributed by atoms with Crippen LogP contribution in [0.15, 0.2) is 18.2 Å². The molecule has 2 unspecified atom stereocenters. The Hall–Kier alpha value is -0.890. The maximum Gasteiger partial charge on any atom is 0.126 e. The minimum atomic E-state index is -0.378. The largest absolute Gasteiger partial charge is 0.393 e. The number of benzene rings is 1. The van der Waals surface area contributed by atoms with Crippen molar-refractivity contribution in [3.05, 3.63) is 35.1 Å². The Morgan fingerprint density at radius 1 is 1.40 bits per heavy atom. The topological polar surface area (TPSA) is 20.2 Å². The zero-order chi connectivity index (χ0) is 11.4. The van der Waals surface area contributed by atoms with Gasteiger partial charge in [0.2, 0.25) is 0 Å². The number of aliphatic hydroxyl groups excluding tert-OH is 1. The van der Waals surface area contributed by atoms with Crippen molar-refractivity contribution in [2.24, 2.45) is 0 Å². The van der Waals surface area contributed by atoms with E-state index in [4.69, 9.17) is 0 Å². The number of hydrogen-bond acceptors (Lipinski definition) is 1. The average molecular weight is 210 g/mol. The summed E-state index contributed by atoms with van der Waals surface area (Å²) in [5.41, 5.74) is 1.52. The lowest BCUT2D eigenvalue weighted by Gasteiger charge is -2.18. The highest BCUT2D eigenvalue weighted by Gasteiger charge is 2.16. The minimum absolute atomic E-state index is 0.0000463. The number of aryl methyl sites for hydroxylation is 1. The Kier molecular flexibility index (Phi) is 4.28. The van der Waals surface area contributed by atoms with Crippen LogP contribution in [-0.4, -0.2) is 11.2 Å². The number of aliphatic hydroxyl groups is 1. The van der Waals surface area contributed by atoms with E-state index in [1.54, 1.807) is 13.0 Å². The molecule has 0 amide bonds. The van der Waals surface area contributed by atoms with E-state index in [0.29, 0.717) is 5.56 Å². The van der Waals surface area contributed by atoms with Crippen molar-refractivity contribution in [3.8, 4) is 0 Å². The fourth-order valence-electron chi connectivity index (χ4n) is 1.66. The molecule has 0 saturated carbocycles. The van der Waals surface area contributed by atoms with E-state index in [9.17, 15) is 9.50 Å². The van der Waals surface area contributed by atoms with Crippen LogP contribution >= 0.6 is 0 Å². The van der Waals surface area contributed by atoms with Gasteiger partial charge in [0.1, 0.15) is 5.82 Å². The first-order valence-corrected chi connectivity index (χ1v) is 5.50. The van der Waals surface area contributed by atoms with Crippen molar-refractivity contribution in [2.75, 3.05) is 0 Å². The third-order valence-electron chi connectivity index (χ3n) is 2.88. The maximum atomic E-state index is 13.3. The molecule has 84 valence electrons. The summed E-state index contributed by atoms with van der Waals surface area (Å²) in [4.78, 5) is 0. The standard InChI is InChI=1S/C13H19FO/c1-4-5-13(15)10(3)11-7-6-9(2)12(14)8-11/h6-8,10,13,15H,4-5H2,1-3H3. The van der Waals surface area contributed by atoms with E-state index < -0.39 is 0 Å². The van der Waals surface area contributed by atoms with Gasteiger partial charge in [0.15, 0.2) is 0 Å². The van der Waals surface area contributed by atoms with Gasteiger partial charge in [-0.15, -0.1) is 0 Å². The highest BCUT2D eigenvalue weighted by atomic mass is 19.1. The van der Waals surface area contributed by atoms with Gasteiger partial charge in [0.25, 0.3) is 0 Å². The van der Waals surface area contributed by atoms with Crippen LogP contribution in [0.2, 0.25) is 0 Å². The van der Waals surface area contributed by atoms with Crippen molar-refractivity contribution in [3.63, 3.8) is 0 Å². The number of rotatable bonds is 4. The lowest BCUT2D eigenvalue weighted by molar-refractivity contribution is 0.138. The summed E-state index contributed by atoms with van der Waals surface area (Å²) in [6.45, 7) is 5.71. The zero-order valence-corrected chi connectivity index (χ0v) is 9.63. The summed E-state index contributed by atoms with van der Waals surface area (Å²) in [7, 11) is 0. The van der Waals surface area contributed by atoms with Gasteiger partial charge >= 0.3 is 0 Å². The van der Waals surface area contributed by atoms with Crippen molar-refractivity contribution >= 4 is 0 Å². The fourth-order valence-corrected chi connectivity index (χ4v) is 1.66. The summed E-state index contributed by atoms with van der Waals surface area (Å²) in [6.07, 6.45) is 1.33. The molecule has 1 rings (SSSR count). The van der Waals surface area contributed by atoms with Crippen molar-refractivity contribution in [1.82, 2.24) is 0 Å². The van der Waals surface area contributed by atoms with Crippen molar-refractivity contribution < 1.29 is 9.50 Å². The summed E-state index contributed by atoms with van der Waals surface area (Å²) >= 11 is 0. The van der Waals surface area contributed by atoms with Crippen molar-refractivity contribution in [1.29, 1.82) is 0 Å². The molecule has 0 aromatic heterocycles. The van der Waals surface area contributed by atoms with Crippen LogP contribution in [0.1, 0.15) is 43.7 Å². The first-order valence-electron chi connectivity index (χ1n) is 5.50. The Labute approximate surface area is 90.9 Å². The molecule has 0 aliphatic rings. The minimum Gasteiger partial charge on any atom is -0.393 e. The molecule has 1 aromatic rings. The smallest absolute Gasteiger partial charge is 0.126 e. The summed E-state index contributed by atoms with van der Waals surface area (Å²) in [6, 6.07) is 5.18. The molecular formula is C13H19FO. The van der Waals surface area contributed by atoms with Gasteiger partial charge in [0.05, 0.1) is 6.10 Å². The van der Waals surface area contributed by atoms with Gasteiger partial charge in [-0.2, -0.15) is 0 Å². The monoisotopic (exact) mass is 210 g/mol. The molecule has 0 spiro atoms. The van der Waals surface area contributed by atoms with Crippen LogP contribution in [0.5, 0.6) is 0 Å². The van der Waals surface area contributed by atoms with Crippen molar-refractivity contribution in [2.45, 2.75) is 45.6 Å². The third kappa shape index (κ3) is 3.03. The highest BCUT2D eigenvalue weighted by molar-refractivity contribution is 5.26. The molecule has 0 heterocycles. The van der Waals surface area contributed by atoms with E-state index in [2.05, 4.69) is 0 Å². The van der Waals surface area contributed by atoms with Gasteiger partial charge in [-0.1, -0.05) is 32.4 Å². The third-order valence-corrected chi connectivity index (χ3v) is 2.88. The van der Waals surface area contributed by atoms with Gasteiger partial charge in [-0.3, -0.25) is 0 Å². The summed E-state index contributed by atoms with van der Waals surface area (Å²) in [5.74, 6) is -0.192. The maximum absolute atomic E-state index is 13.3. The number of halogens is 1. The molecule has 1 aromatic carbocycles. The second-order valence-corrected chi connectivity index (χ2v) is 4.15. The molecule has 15 heavy (non-hydrogen) atoms. The first kappa shape index (κ1) is 12.2. The molecular weight excluding hydrogens is 191 g/mol. The van der Waals surface area contributed by atoms with E-state index >= 15 is 0 Å². The molecule has 0 radical (unpaired) electrons. The van der Waals surface area contributed by atoms with Crippen LogP contribution in [0.3, 0.4) is 0 Å². The Bertz CT molecular complexity index is 322. The van der Waals surface area contributed by atoms with Crippen LogP contribution in [0.4, 0.5) is 4.39 Å². The van der Waals surface area contributed by atoms with Crippen LogP contribution in [0, 0.1) is 12.7 Å². The molecule has 2 heteroatoms. The lowest BCUT2D eigenvalue weighted by Crippen LogP contribution is -2.15. The molecule has 2 atom stereocenters. The highest BCUT2D eigenvalue weighted by Crippen LogP contribution is 2.23. The fraction of sp³-hybridized carbons (Fsp3) is 0.538.